The summed E-state index contributed by atoms with van der Waals surface area (Å²) in [7, 11) is 0. The molecule has 1 atom stereocenters. The molecule has 0 radical (unpaired) electrons. The van der Waals surface area contributed by atoms with Crippen LogP contribution in [0.3, 0.4) is 0 Å². The van der Waals surface area contributed by atoms with Crippen molar-refractivity contribution >= 4 is 11.7 Å². The maximum Gasteiger partial charge on any atom is 0.230 e. The van der Waals surface area contributed by atoms with Gasteiger partial charge in [-0.15, -0.1) is 0 Å². The number of oxime groups is 1. The van der Waals surface area contributed by atoms with Crippen LogP contribution in [0.4, 0.5) is 0 Å². The first-order valence-corrected chi connectivity index (χ1v) is 6.94. The van der Waals surface area contributed by atoms with Crippen molar-refractivity contribution in [2.45, 2.75) is 51.9 Å². The quantitative estimate of drug-likeness (QED) is 0.281. The Kier molecular flexibility index (Phi) is 6.54. The number of hydrogen-bond acceptors (Lipinski definition) is 3. The van der Waals surface area contributed by atoms with E-state index in [0.29, 0.717) is 13.0 Å². The summed E-state index contributed by atoms with van der Waals surface area (Å²) < 4.78 is 0. The molecule has 0 heterocycles. The van der Waals surface area contributed by atoms with E-state index in [1.807, 2.05) is 6.92 Å². The van der Waals surface area contributed by atoms with E-state index >= 15 is 0 Å². The Bertz CT molecular complexity index is 286. The summed E-state index contributed by atoms with van der Waals surface area (Å²) in [6.45, 7) is 2.67. The maximum absolute atomic E-state index is 11.9. The molecule has 1 aliphatic rings. The highest BCUT2D eigenvalue weighted by Gasteiger charge is 2.22. The number of nitrogens with zero attached hydrogens (tertiary/aromatic N) is 1. The number of carbonyl (C=O) groups excluding carboxylic acids is 1. The fourth-order valence-corrected chi connectivity index (χ4v) is 2.59. The number of nitrogens with one attached hydrogen (secondary N) is 1. The smallest absolute Gasteiger partial charge is 0.230 e. The summed E-state index contributed by atoms with van der Waals surface area (Å²) in [5.74, 6) is 0.155. The number of hydrogen-bond donors (Lipinski definition) is 3. The molecular formula is C13H25N3O2. The van der Waals surface area contributed by atoms with Crippen LogP contribution in [0.5, 0.6) is 0 Å². The lowest BCUT2D eigenvalue weighted by Crippen LogP contribution is -2.39. The van der Waals surface area contributed by atoms with Gasteiger partial charge in [0.15, 0.2) is 5.84 Å². The van der Waals surface area contributed by atoms with Crippen LogP contribution in [0.15, 0.2) is 5.16 Å². The van der Waals surface area contributed by atoms with Crippen molar-refractivity contribution in [2.75, 3.05) is 6.54 Å². The molecule has 1 saturated carbocycles. The summed E-state index contributed by atoms with van der Waals surface area (Å²) in [5.41, 5.74) is 5.54. The van der Waals surface area contributed by atoms with Gasteiger partial charge >= 0.3 is 0 Å². The van der Waals surface area contributed by atoms with Crippen molar-refractivity contribution in [3.05, 3.63) is 0 Å². The highest BCUT2D eigenvalue weighted by atomic mass is 16.4. The van der Waals surface area contributed by atoms with Crippen LogP contribution >= 0.6 is 0 Å². The Morgan fingerprint density at radius 2 is 2.17 bits per heavy atom. The fraction of sp³-hybridized carbons (Fsp3) is 0.846. The first-order chi connectivity index (χ1) is 8.69. The van der Waals surface area contributed by atoms with E-state index in [1.165, 1.54) is 25.7 Å². The van der Waals surface area contributed by atoms with Gasteiger partial charge in [0.2, 0.25) is 5.91 Å². The van der Waals surface area contributed by atoms with Crippen LogP contribution in [-0.4, -0.2) is 23.5 Å². The lowest BCUT2D eigenvalue weighted by atomic mass is 10.0. The molecule has 0 bridgehead atoms. The lowest BCUT2D eigenvalue weighted by Gasteiger charge is -2.15. The SMILES string of the molecule is CCCC(C(=O)NCCC1CCCC1)/C(N)=N/O. The minimum atomic E-state index is -0.497. The van der Waals surface area contributed by atoms with Gasteiger partial charge in [0, 0.05) is 6.54 Å². The van der Waals surface area contributed by atoms with Crippen LogP contribution in [0.2, 0.25) is 0 Å². The summed E-state index contributed by atoms with van der Waals surface area (Å²) in [4.78, 5) is 11.9. The van der Waals surface area contributed by atoms with Gasteiger partial charge in [-0.1, -0.05) is 44.2 Å². The number of carbonyl (C=O) groups is 1. The second kappa shape index (κ2) is 7.95. The Morgan fingerprint density at radius 1 is 1.50 bits per heavy atom. The second-order valence-corrected chi connectivity index (χ2v) is 5.10. The highest BCUT2D eigenvalue weighted by molar-refractivity contribution is 6.01. The van der Waals surface area contributed by atoms with Crippen LogP contribution in [0.1, 0.15) is 51.9 Å². The van der Waals surface area contributed by atoms with Gasteiger partial charge in [-0.2, -0.15) is 0 Å². The second-order valence-electron chi connectivity index (χ2n) is 5.10. The van der Waals surface area contributed by atoms with Gasteiger partial charge in [-0.05, 0) is 18.8 Å². The van der Waals surface area contributed by atoms with Gasteiger partial charge < -0.3 is 16.3 Å². The Morgan fingerprint density at radius 3 is 2.72 bits per heavy atom. The molecule has 0 aromatic heterocycles. The van der Waals surface area contributed by atoms with E-state index in [1.54, 1.807) is 0 Å². The zero-order valence-electron chi connectivity index (χ0n) is 11.2. The third-order valence-corrected chi connectivity index (χ3v) is 3.69. The van der Waals surface area contributed by atoms with Crippen molar-refractivity contribution in [1.82, 2.24) is 5.32 Å². The third-order valence-electron chi connectivity index (χ3n) is 3.69. The number of nitrogens with two attached hydrogens (primary N) is 1. The van der Waals surface area contributed by atoms with Gasteiger partial charge in [0.1, 0.15) is 0 Å². The van der Waals surface area contributed by atoms with E-state index in [0.717, 1.165) is 18.8 Å². The average molecular weight is 255 g/mol. The zero-order valence-corrected chi connectivity index (χ0v) is 11.2. The molecule has 5 nitrogen and oxygen atoms in total. The summed E-state index contributed by atoms with van der Waals surface area (Å²) >= 11 is 0. The lowest BCUT2D eigenvalue weighted by molar-refractivity contribution is -0.123. The molecule has 1 amide bonds. The van der Waals surface area contributed by atoms with E-state index in [9.17, 15) is 4.79 Å². The molecule has 0 spiro atoms. The number of amides is 1. The largest absolute Gasteiger partial charge is 0.409 e. The predicted octanol–water partition coefficient (Wildman–Crippen LogP) is 1.85. The molecule has 1 fully saturated rings. The molecule has 0 aromatic carbocycles. The third kappa shape index (κ3) is 4.55. The van der Waals surface area contributed by atoms with Crippen molar-refractivity contribution in [3.63, 3.8) is 0 Å². The normalized spacial score (nSPS) is 18.8. The topological polar surface area (TPSA) is 87.7 Å². The first-order valence-electron chi connectivity index (χ1n) is 6.94. The molecular weight excluding hydrogens is 230 g/mol. The summed E-state index contributed by atoms with van der Waals surface area (Å²) in [5, 5.41) is 14.5. The first kappa shape index (κ1) is 14.8. The van der Waals surface area contributed by atoms with Crippen molar-refractivity contribution in [3.8, 4) is 0 Å². The van der Waals surface area contributed by atoms with E-state index in [-0.39, 0.29) is 11.7 Å². The summed E-state index contributed by atoms with van der Waals surface area (Å²) in [6.07, 6.45) is 7.70. The zero-order chi connectivity index (χ0) is 13.4. The molecule has 0 aromatic rings. The number of amidine groups is 1. The molecule has 5 heteroatoms. The van der Waals surface area contributed by atoms with E-state index < -0.39 is 5.92 Å². The van der Waals surface area contributed by atoms with Gasteiger partial charge in [0.05, 0.1) is 5.92 Å². The molecule has 18 heavy (non-hydrogen) atoms. The van der Waals surface area contributed by atoms with E-state index in [4.69, 9.17) is 10.9 Å². The Hall–Kier alpha value is -1.26. The minimum Gasteiger partial charge on any atom is -0.409 e. The van der Waals surface area contributed by atoms with Crippen molar-refractivity contribution in [2.24, 2.45) is 22.7 Å². The molecule has 0 aliphatic heterocycles. The Labute approximate surface area is 109 Å². The standard InChI is InChI=1S/C13H25N3O2/c1-2-5-11(12(14)16-18)13(17)15-9-8-10-6-3-4-7-10/h10-11,18H,2-9H2,1H3,(H2,14,16)(H,15,17). The van der Waals surface area contributed by atoms with E-state index in [2.05, 4.69) is 10.5 Å². The fourth-order valence-electron chi connectivity index (χ4n) is 2.59. The monoisotopic (exact) mass is 255 g/mol. The molecule has 104 valence electrons. The van der Waals surface area contributed by atoms with Crippen molar-refractivity contribution in [1.29, 1.82) is 0 Å². The molecule has 1 rings (SSSR count). The Balaban J connectivity index is 2.31. The van der Waals surface area contributed by atoms with Crippen LogP contribution < -0.4 is 11.1 Å². The molecule has 4 N–H and O–H groups in total. The highest BCUT2D eigenvalue weighted by Crippen LogP contribution is 2.26. The maximum atomic E-state index is 11.9. The van der Waals surface area contributed by atoms with Gasteiger partial charge in [0.25, 0.3) is 0 Å². The number of rotatable bonds is 7. The molecule has 1 unspecified atom stereocenters. The van der Waals surface area contributed by atoms with Gasteiger partial charge in [-0.25, -0.2) is 0 Å². The molecule has 0 saturated heterocycles. The van der Waals surface area contributed by atoms with Crippen LogP contribution in [0.25, 0.3) is 0 Å². The summed E-state index contributed by atoms with van der Waals surface area (Å²) in [6, 6.07) is 0. The van der Waals surface area contributed by atoms with Crippen molar-refractivity contribution < 1.29 is 10.0 Å². The molecule has 1 aliphatic carbocycles. The average Bonchev–Trinajstić information content (AvgIpc) is 2.88. The van der Waals surface area contributed by atoms with Crippen LogP contribution in [-0.2, 0) is 4.79 Å². The van der Waals surface area contributed by atoms with Crippen LogP contribution in [0, 0.1) is 11.8 Å². The minimum absolute atomic E-state index is 0.00946. The predicted molar refractivity (Wildman–Crippen MR) is 71.4 cm³/mol. The van der Waals surface area contributed by atoms with Gasteiger partial charge in [-0.3, -0.25) is 4.79 Å².